The number of amides is 3. The molecule has 26 heavy (non-hydrogen) atoms. The summed E-state index contributed by atoms with van der Waals surface area (Å²) in [5.41, 5.74) is 0. The third kappa shape index (κ3) is 4.73. The fourth-order valence-electron chi connectivity index (χ4n) is 2.74. The zero-order valence-corrected chi connectivity index (χ0v) is 15.7. The van der Waals surface area contributed by atoms with E-state index in [2.05, 4.69) is 10.6 Å². The second kappa shape index (κ2) is 7.91. The lowest BCUT2D eigenvalue weighted by atomic mass is 10.3. The van der Waals surface area contributed by atoms with Gasteiger partial charge in [0.15, 0.2) is 0 Å². The molecule has 1 heterocycles. The predicted molar refractivity (Wildman–Crippen MR) is 96.3 cm³/mol. The van der Waals surface area contributed by atoms with Gasteiger partial charge in [0, 0.05) is 32.2 Å². The number of rotatable bonds is 5. The lowest BCUT2D eigenvalue weighted by Gasteiger charge is -2.33. The summed E-state index contributed by atoms with van der Waals surface area (Å²) < 4.78 is 26.7. The first-order valence-corrected chi connectivity index (χ1v) is 10.3. The maximum absolute atomic E-state index is 12.7. The van der Waals surface area contributed by atoms with Crippen molar-refractivity contribution >= 4 is 33.6 Å². The third-order valence-corrected chi connectivity index (χ3v) is 6.72. The molecule has 1 aliphatic heterocycles. The monoisotopic (exact) mass is 400 g/mol. The molecule has 8 nitrogen and oxygen atoms in total. The number of urea groups is 1. The van der Waals surface area contributed by atoms with E-state index in [-0.39, 0.29) is 35.6 Å². The molecule has 1 saturated carbocycles. The van der Waals surface area contributed by atoms with Gasteiger partial charge in [-0.25, -0.2) is 13.2 Å². The van der Waals surface area contributed by atoms with Crippen LogP contribution in [0, 0.1) is 0 Å². The number of carbonyl (C=O) groups is 2. The van der Waals surface area contributed by atoms with E-state index in [0.717, 1.165) is 12.8 Å². The van der Waals surface area contributed by atoms with Crippen molar-refractivity contribution in [1.82, 2.24) is 19.8 Å². The lowest BCUT2D eigenvalue weighted by Crippen LogP contribution is -2.52. The average Bonchev–Trinajstić information content (AvgIpc) is 3.39. The van der Waals surface area contributed by atoms with Crippen molar-refractivity contribution in [2.75, 3.05) is 32.7 Å². The zero-order valence-electron chi connectivity index (χ0n) is 14.2. The standard InChI is InChI=1S/C16H21ClN4O4S/c17-13-3-1-2-4-14(13)26(24,25)21-9-7-20(8-10-21)11-15(22)19-16(23)18-12-5-6-12/h1-4,12H,5-11H2,(H2,18,19,22,23). The van der Waals surface area contributed by atoms with Crippen LogP contribution in [0.2, 0.25) is 5.02 Å². The van der Waals surface area contributed by atoms with E-state index >= 15 is 0 Å². The summed E-state index contributed by atoms with van der Waals surface area (Å²) in [6, 6.07) is 6.04. The smallest absolute Gasteiger partial charge is 0.321 e. The molecule has 142 valence electrons. The first kappa shape index (κ1) is 19.1. The van der Waals surface area contributed by atoms with E-state index in [1.54, 1.807) is 18.2 Å². The lowest BCUT2D eigenvalue weighted by molar-refractivity contribution is -0.121. The largest absolute Gasteiger partial charge is 0.335 e. The summed E-state index contributed by atoms with van der Waals surface area (Å²) in [7, 11) is -3.66. The molecule has 3 rings (SSSR count). The van der Waals surface area contributed by atoms with Gasteiger partial charge in [0.05, 0.1) is 11.6 Å². The normalized spacial score (nSPS) is 19.1. The minimum Gasteiger partial charge on any atom is -0.335 e. The van der Waals surface area contributed by atoms with Crippen LogP contribution in [0.3, 0.4) is 0 Å². The molecular weight excluding hydrogens is 380 g/mol. The molecule has 2 fully saturated rings. The number of hydrogen-bond acceptors (Lipinski definition) is 5. The van der Waals surface area contributed by atoms with E-state index in [1.165, 1.54) is 10.4 Å². The van der Waals surface area contributed by atoms with Crippen molar-refractivity contribution < 1.29 is 18.0 Å². The van der Waals surface area contributed by atoms with Crippen LogP contribution in [0.25, 0.3) is 0 Å². The number of carbonyl (C=O) groups excluding carboxylic acids is 2. The molecule has 10 heteroatoms. The average molecular weight is 401 g/mol. The highest BCUT2D eigenvalue weighted by molar-refractivity contribution is 7.89. The minimum absolute atomic E-state index is 0.0536. The second-order valence-corrected chi connectivity index (χ2v) is 8.72. The Morgan fingerprint density at radius 2 is 1.77 bits per heavy atom. The maximum Gasteiger partial charge on any atom is 0.321 e. The molecule has 3 amide bonds. The van der Waals surface area contributed by atoms with Crippen LogP contribution in [0.5, 0.6) is 0 Å². The zero-order chi connectivity index (χ0) is 18.7. The van der Waals surface area contributed by atoms with Gasteiger partial charge in [0.25, 0.3) is 0 Å². The van der Waals surface area contributed by atoms with Gasteiger partial charge in [-0.3, -0.25) is 15.0 Å². The highest BCUT2D eigenvalue weighted by Gasteiger charge is 2.30. The van der Waals surface area contributed by atoms with Crippen molar-refractivity contribution in [3.8, 4) is 0 Å². The summed E-state index contributed by atoms with van der Waals surface area (Å²) in [5.74, 6) is -0.398. The van der Waals surface area contributed by atoms with Crippen molar-refractivity contribution in [3.05, 3.63) is 29.3 Å². The Hall–Kier alpha value is -1.68. The Bertz CT molecular complexity index is 789. The van der Waals surface area contributed by atoms with E-state index in [1.807, 2.05) is 4.90 Å². The summed E-state index contributed by atoms with van der Waals surface area (Å²) in [6.07, 6.45) is 1.90. The molecule has 2 N–H and O–H groups in total. The van der Waals surface area contributed by atoms with Gasteiger partial charge in [-0.05, 0) is 25.0 Å². The Kier molecular flexibility index (Phi) is 5.81. The molecule has 1 aliphatic carbocycles. The molecule has 0 aromatic heterocycles. The van der Waals surface area contributed by atoms with Crippen LogP contribution in [-0.4, -0.2) is 68.3 Å². The van der Waals surface area contributed by atoms with E-state index in [9.17, 15) is 18.0 Å². The van der Waals surface area contributed by atoms with Crippen LogP contribution < -0.4 is 10.6 Å². The molecular formula is C16H21ClN4O4S. The number of nitrogens with one attached hydrogen (secondary N) is 2. The van der Waals surface area contributed by atoms with Crippen molar-refractivity contribution in [2.24, 2.45) is 0 Å². The maximum atomic E-state index is 12.7. The van der Waals surface area contributed by atoms with Crippen molar-refractivity contribution in [3.63, 3.8) is 0 Å². The number of benzene rings is 1. The van der Waals surface area contributed by atoms with Crippen LogP contribution >= 0.6 is 11.6 Å². The quantitative estimate of drug-likeness (QED) is 0.755. The Labute approximate surface area is 157 Å². The highest BCUT2D eigenvalue weighted by Crippen LogP contribution is 2.24. The molecule has 0 unspecified atom stereocenters. The number of hydrogen-bond donors (Lipinski definition) is 2. The predicted octanol–water partition coefficient (Wildman–Crippen LogP) is 0.634. The van der Waals surface area contributed by atoms with Gasteiger partial charge in [0.2, 0.25) is 15.9 Å². The van der Waals surface area contributed by atoms with Gasteiger partial charge in [-0.1, -0.05) is 23.7 Å². The van der Waals surface area contributed by atoms with Gasteiger partial charge in [-0.15, -0.1) is 0 Å². The molecule has 0 atom stereocenters. The first-order valence-electron chi connectivity index (χ1n) is 8.43. The second-order valence-electron chi connectivity index (χ2n) is 6.41. The van der Waals surface area contributed by atoms with Crippen molar-refractivity contribution in [2.45, 2.75) is 23.8 Å². The van der Waals surface area contributed by atoms with E-state index in [4.69, 9.17) is 11.6 Å². The number of piperazine rings is 1. The van der Waals surface area contributed by atoms with Gasteiger partial charge < -0.3 is 5.32 Å². The SMILES string of the molecule is O=C(CN1CCN(S(=O)(=O)c2ccccc2Cl)CC1)NC(=O)NC1CC1. The number of nitrogens with zero attached hydrogens (tertiary/aromatic N) is 2. The van der Waals surface area contributed by atoms with Crippen LogP contribution in [0.4, 0.5) is 4.79 Å². The fraction of sp³-hybridized carbons (Fsp3) is 0.500. The minimum atomic E-state index is -3.66. The Morgan fingerprint density at radius 3 is 2.38 bits per heavy atom. The van der Waals surface area contributed by atoms with E-state index < -0.39 is 22.0 Å². The number of imide groups is 1. The van der Waals surface area contributed by atoms with Gasteiger partial charge in [-0.2, -0.15) is 4.31 Å². The molecule has 1 saturated heterocycles. The number of halogens is 1. The highest BCUT2D eigenvalue weighted by atomic mass is 35.5. The van der Waals surface area contributed by atoms with Gasteiger partial charge in [0.1, 0.15) is 4.90 Å². The topological polar surface area (TPSA) is 98.8 Å². The third-order valence-electron chi connectivity index (χ3n) is 4.32. The first-order chi connectivity index (χ1) is 12.4. The molecule has 1 aromatic rings. The molecule has 0 radical (unpaired) electrons. The Morgan fingerprint density at radius 1 is 1.12 bits per heavy atom. The summed E-state index contributed by atoms with van der Waals surface area (Å²) in [4.78, 5) is 25.4. The van der Waals surface area contributed by atoms with Crippen LogP contribution in [0.1, 0.15) is 12.8 Å². The molecule has 1 aromatic carbocycles. The summed E-state index contributed by atoms with van der Waals surface area (Å²) in [6.45, 7) is 1.38. The number of sulfonamides is 1. The van der Waals surface area contributed by atoms with Crippen LogP contribution in [0.15, 0.2) is 29.2 Å². The van der Waals surface area contributed by atoms with Crippen LogP contribution in [-0.2, 0) is 14.8 Å². The van der Waals surface area contributed by atoms with E-state index in [0.29, 0.717) is 13.1 Å². The summed E-state index contributed by atoms with van der Waals surface area (Å²) >= 11 is 6.01. The van der Waals surface area contributed by atoms with Gasteiger partial charge >= 0.3 is 6.03 Å². The molecule has 2 aliphatic rings. The Balaban J connectivity index is 1.50. The van der Waals surface area contributed by atoms with Crippen molar-refractivity contribution in [1.29, 1.82) is 0 Å². The fourth-order valence-corrected chi connectivity index (χ4v) is 4.65. The molecule has 0 spiro atoms. The molecule has 0 bridgehead atoms. The summed E-state index contributed by atoms with van der Waals surface area (Å²) in [5, 5.41) is 5.17.